The topological polar surface area (TPSA) is 49.9 Å². The fourth-order valence-corrected chi connectivity index (χ4v) is 2.69. The maximum atomic E-state index is 12.9. The van der Waals surface area contributed by atoms with Gasteiger partial charge in [0.2, 0.25) is 0 Å². The normalized spacial score (nSPS) is 14.3. The molecule has 2 aromatic carbocycles. The number of piperazine rings is 1. The van der Waals surface area contributed by atoms with Crippen LogP contribution in [0, 0.1) is 5.82 Å². The van der Waals surface area contributed by atoms with E-state index in [1.807, 2.05) is 18.2 Å². The Hall–Kier alpha value is -2.89. The van der Waals surface area contributed by atoms with Gasteiger partial charge in [-0.15, -0.1) is 0 Å². The van der Waals surface area contributed by atoms with Crippen molar-refractivity contribution in [2.45, 2.75) is 0 Å². The second kappa shape index (κ2) is 7.79. The maximum absolute atomic E-state index is 12.9. The van der Waals surface area contributed by atoms with E-state index in [0.29, 0.717) is 37.5 Å². The average Bonchev–Trinajstić information content (AvgIpc) is 2.67. The van der Waals surface area contributed by atoms with Gasteiger partial charge in [0.1, 0.15) is 11.6 Å². The highest BCUT2D eigenvalue weighted by molar-refractivity contribution is 5.94. The van der Waals surface area contributed by atoms with Crippen LogP contribution in [0.25, 0.3) is 0 Å². The van der Waals surface area contributed by atoms with Crippen LogP contribution >= 0.6 is 0 Å². The van der Waals surface area contributed by atoms with Gasteiger partial charge >= 0.3 is 0 Å². The van der Waals surface area contributed by atoms with Crippen molar-refractivity contribution < 1.29 is 18.7 Å². The van der Waals surface area contributed by atoms with E-state index in [1.54, 1.807) is 21.9 Å². The molecule has 0 aliphatic carbocycles. The Balaban J connectivity index is 1.48. The summed E-state index contributed by atoms with van der Waals surface area (Å²) >= 11 is 0. The van der Waals surface area contributed by atoms with Crippen LogP contribution in [0.4, 0.5) is 4.39 Å². The van der Waals surface area contributed by atoms with Gasteiger partial charge in [-0.25, -0.2) is 4.39 Å². The van der Waals surface area contributed by atoms with Crippen molar-refractivity contribution in [3.8, 4) is 5.75 Å². The van der Waals surface area contributed by atoms with Gasteiger partial charge in [-0.05, 0) is 36.4 Å². The summed E-state index contributed by atoms with van der Waals surface area (Å²) < 4.78 is 18.4. The molecule has 1 fully saturated rings. The third kappa shape index (κ3) is 4.35. The van der Waals surface area contributed by atoms with Gasteiger partial charge in [0.15, 0.2) is 6.61 Å². The minimum atomic E-state index is -0.370. The predicted octanol–water partition coefficient (Wildman–Crippen LogP) is 2.19. The van der Waals surface area contributed by atoms with E-state index in [4.69, 9.17) is 4.74 Å². The lowest BCUT2D eigenvalue weighted by molar-refractivity contribution is -0.134. The van der Waals surface area contributed by atoms with Crippen molar-refractivity contribution in [1.82, 2.24) is 9.80 Å². The third-order valence-electron chi connectivity index (χ3n) is 4.12. The van der Waals surface area contributed by atoms with Crippen LogP contribution in [0.15, 0.2) is 54.6 Å². The molecule has 2 amide bonds. The Morgan fingerprint density at radius 3 is 2.12 bits per heavy atom. The zero-order valence-electron chi connectivity index (χ0n) is 13.7. The summed E-state index contributed by atoms with van der Waals surface area (Å²) in [5, 5.41) is 0. The number of hydrogen-bond acceptors (Lipinski definition) is 3. The highest BCUT2D eigenvalue weighted by Crippen LogP contribution is 2.11. The number of carbonyl (C=O) groups is 2. The SMILES string of the molecule is O=C(COc1ccccc1)N1CCN(C(=O)c2ccc(F)cc2)CC1. The molecule has 0 saturated carbocycles. The van der Waals surface area contributed by atoms with E-state index in [2.05, 4.69) is 0 Å². The smallest absolute Gasteiger partial charge is 0.260 e. The van der Waals surface area contributed by atoms with Crippen molar-refractivity contribution in [2.24, 2.45) is 0 Å². The first-order valence-electron chi connectivity index (χ1n) is 8.14. The van der Waals surface area contributed by atoms with Gasteiger partial charge in [-0.3, -0.25) is 9.59 Å². The fourth-order valence-electron chi connectivity index (χ4n) is 2.69. The first kappa shape index (κ1) is 17.0. The zero-order chi connectivity index (χ0) is 17.6. The monoisotopic (exact) mass is 342 g/mol. The molecule has 0 N–H and O–H groups in total. The van der Waals surface area contributed by atoms with Crippen LogP contribution in [0.3, 0.4) is 0 Å². The van der Waals surface area contributed by atoms with Crippen LogP contribution in [0.1, 0.15) is 10.4 Å². The Morgan fingerprint density at radius 1 is 0.880 bits per heavy atom. The molecule has 1 saturated heterocycles. The van der Waals surface area contributed by atoms with Crippen molar-refractivity contribution >= 4 is 11.8 Å². The summed E-state index contributed by atoms with van der Waals surface area (Å²) in [6.45, 7) is 1.81. The largest absolute Gasteiger partial charge is 0.484 e. The highest BCUT2D eigenvalue weighted by Gasteiger charge is 2.25. The fraction of sp³-hybridized carbons (Fsp3) is 0.263. The summed E-state index contributed by atoms with van der Waals surface area (Å²) in [5.41, 5.74) is 0.452. The minimum absolute atomic E-state index is 0.0179. The molecule has 0 atom stereocenters. The number of nitrogens with zero attached hydrogens (tertiary/aromatic N) is 2. The summed E-state index contributed by atoms with van der Waals surface area (Å²) in [5.74, 6) is 0.0386. The van der Waals surface area contributed by atoms with Gasteiger partial charge in [-0.2, -0.15) is 0 Å². The number of carbonyl (C=O) groups excluding carboxylic acids is 2. The Bertz CT molecular complexity index is 726. The number of para-hydroxylation sites is 1. The van der Waals surface area contributed by atoms with Crippen LogP contribution in [0.5, 0.6) is 5.75 Å². The second-order valence-electron chi connectivity index (χ2n) is 5.78. The molecule has 1 aliphatic rings. The molecule has 2 aromatic rings. The Kier molecular flexibility index (Phi) is 5.28. The lowest BCUT2D eigenvalue weighted by Crippen LogP contribution is -2.51. The quantitative estimate of drug-likeness (QED) is 0.856. The molecule has 0 unspecified atom stereocenters. The molecule has 3 rings (SSSR count). The molecular weight excluding hydrogens is 323 g/mol. The molecule has 0 bridgehead atoms. The highest BCUT2D eigenvalue weighted by atomic mass is 19.1. The van der Waals surface area contributed by atoms with Crippen molar-refractivity contribution in [3.05, 3.63) is 66.0 Å². The summed E-state index contributed by atoms with van der Waals surface area (Å²) in [4.78, 5) is 28.0. The summed E-state index contributed by atoms with van der Waals surface area (Å²) in [6, 6.07) is 14.7. The van der Waals surface area contributed by atoms with Crippen molar-refractivity contribution in [2.75, 3.05) is 32.8 Å². The zero-order valence-corrected chi connectivity index (χ0v) is 13.7. The summed E-state index contributed by atoms with van der Waals surface area (Å²) in [7, 11) is 0. The molecule has 0 radical (unpaired) electrons. The molecule has 130 valence electrons. The number of ether oxygens (including phenoxy) is 1. The van der Waals surface area contributed by atoms with Gasteiger partial charge in [-0.1, -0.05) is 18.2 Å². The van der Waals surface area contributed by atoms with Crippen LogP contribution in [-0.4, -0.2) is 54.4 Å². The first-order chi connectivity index (χ1) is 12.1. The maximum Gasteiger partial charge on any atom is 0.260 e. The average molecular weight is 342 g/mol. The van der Waals surface area contributed by atoms with Crippen LogP contribution in [-0.2, 0) is 4.79 Å². The Morgan fingerprint density at radius 2 is 1.48 bits per heavy atom. The molecule has 5 nitrogen and oxygen atoms in total. The Labute approximate surface area is 145 Å². The van der Waals surface area contributed by atoms with E-state index in [9.17, 15) is 14.0 Å². The van der Waals surface area contributed by atoms with Gasteiger partial charge < -0.3 is 14.5 Å². The first-order valence-corrected chi connectivity index (χ1v) is 8.14. The minimum Gasteiger partial charge on any atom is -0.484 e. The van der Waals surface area contributed by atoms with Gasteiger partial charge in [0.25, 0.3) is 11.8 Å². The standard InChI is InChI=1S/C19H19FN2O3/c20-16-8-6-15(7-9-16)19(24)22-12-10-21(11-13-22)18(23)14-25-17-4-2-1-3-5-17/h1-9H,10-14H2. The number of amides is 2. The van der Waals surface area contributed by atoms with Crippen molar-refractivity contribution in [1.29, 1.82) is 0 Å². The van der Waals surface area contributed by atoms with Crippen molar-refractivity contribution in [3.63, 3.8) is 0 Å². The molecule has 0 aromatic heterocycles. The summed E-state index contributed by atoms with van der Waals surface area (Å²) in [6.07, 6.45) is 0. The van der Waals surface area contributed by atoms with Crippen LogP contribution in [0.2, 0.25) is 0 Å². The van der Waals surface area contributed by atoms with Gasteiger partial charge in [0, 0.05) is 31.7 Å². The lowest BCUT2D eigenvalue weighted by Gasteiger charge is -2.34. The predicted molar refractivity (Wildman–Crippen MR) is 90.8 cm³/mol. The van der Waals surface area contributed by atoms with E-state index in [-0.39, 0.29) is 24.2 Å². The van der Waals surface area contributed by atoms with Gasteiger partial charge in [0.05, 0.1) is 0 Å². The van der Waals surface area contributed by atoms with E-state index in [1.165, 1.54) is 24.3 Å². The molecule has 0 spiro atoms. The van der Waals surface area contributed by atoms with E-state index in [0.717, 1.165) is 0 Å². The third-order valence-corrected chi connectivity index (χ3v) is 4.12. The lowest BCUT2D eigenvalue weighted by atomic mass is 10.2. The van der Waals surface area contributed by atoms with Crippen LogP contribution < -0.4 is 4.74 Å². The van der Waals surface area contributed by atoms with E-state index < -0.39 is 0 Å². The second-order valence-corrected chi connectivity index (χ2v) is 5.78. The van der Waals surface area contributed by atoms with E-state index >= 15 is 0 Å². The molecule has 25 heavy (non-hydrogen) atoms. The number of hydrogen-bond donors (Lipinski definition) is 0. The number of rotatable bonds is 4. The molecule has 6 heteroatoms. The molecular formula is C19H19FN2O3. The molecule has 1 aliphatic heterocycles. The number of benzene rings is 2. The molecule has 1 heterocycles. The number of halogens is 1.